The molecular weight excluding hydrogens is 355 g/mol. The molecule has 0 bridgehead atoms. The van der Waals surface area contributed by atoms with Crippen LogP contribution in [0.1, 0.15) is 17.7 Å². The van der Waals surface area contributed by atoms with Crippen molar-refractivity contribution in [1.82, 2.24) is 9.88 Å². The number of aromatic nitrogens is 1. The van der Waals surface area contributed by atoms with Gasteiger partial charge in [-0.05, 0) is 42.3 Å². The van der Waals surface area contributed by atoms with Crippen molar-refractivity contribution in [1.29, 1.82) is 0 Å². The highest BCUT2D eigenvalue weighted by Crippen LogP contribution is 2.25. The van der Waals surface area contributed by atoms with Crippen LogP contribution in [0.2, 0.25) is 0 Å². The molecule has 0 amide bonds. The average Bonchev–Trinajstić information content (AvgIpc) is 3.23. The van der Waals surface area contributed by atoms with E-state index in [-0.39, 0.29) is 23.4 Å². The standard InChI is InChI=1S/C19H19FN2O3S/c20-16-9-14-3-1-6-21-19(14)15(10-16)11-22(12-18-4-2-7-25-18)17-5-8-26(23,24)13-17/h1-4,6-7,9-10,17H,5,8,11-13H2/t17-/m0/s1. The van der Waals surface area contributed by atoms with Crippen LogP contribution < -0.4 is 0 Å². The van der Waals surface area contributed by atoms with Gasteiger partial charge in [0.05, 0.1) is 29.8 Å². The lowest BCUT2D eigenvalue weighted by molar-refractivity contribution is 0.180. The number of fused-ring (bicyclic) bond motifs is 1. The summed E-state index contributed by atoms with van der Waals surface area (Å²) in [6.45, 7) is 0.879. The molecule has 5 nitrogen and oxygen atoms in total. The van der Waals surface area contributed by atoms with Gasteiger partial charge < -0.3 is 4.42 Å². The maximum Gasteiger partial charge on any atom is 0.151 e. The molecular formula is C19H19FN2O3S. The van der Waals surface area contributed by atoms with Crippen molar-refractivity contribution >= 4 is 20.7 Å². The summed E-state index contributed by atoms with van der Waals surface area (Å²) in [5.41, 5.74) is 1.48. The first kappa shape index (κ1) is 17.2. The first-order chi connectivity index (χ1) is 12.5. The van der Waals surface area contributed by atoms with Gasteiger partial charge in [0.2, 0.25) is 0 Å². The zero-order valence-corrected chi connectivity index (χ0v) is 15.0. The number of rotatable bonds is 5. The van der Waals surface area contributed by atoms with Crippen LogP contribution in [-0.4, -0.2) is 35.8 Å². The molecule has 3 heterocycles. The van der Waals surface area contributed by atoms with Crippen molar-refractivity contribution in [2.75, 3.05) is 11.5 Å². The summed E-state index contributed by atoms with van der Waals surface area (Å²) in [6, 6.07) is 10.1. The van der Waals surface area contributed by atoms with Gasteiger partial charge in [-0.1, -0.05) is 6.07 Å². The lowest BCUT2D eigenvalue weighted by Crippen LogP contribution is -2.35. The lowest BCUT2D eigenvalue weighted by Gasteiger charge is -2.27. The second kappa shape index (κ2) is 6.81. The highest BCUT2D eigenvalue weighted by molar-refractivity contribution is 7.91. The van der Waals surface area contributed by atoms with Crippen molar-refractivity contribution in [2.24, 2.45) is 0 Å². The fourth-order valence-corrected chi connectivity index (χ4v) is 5.31. The Morgan fingerprint density at radius 3 is 2.85 bits per heavy atom. The molecule has 1 atom stereocenters. The van der Waals surface area contributed by atoms with Crippen LogP contribution in [0, 0.1) is 5.82 Å². The van der Waals surface area contributed by atoms with Gasteiger partial charge in [0, 0.05) is 24.2 Å². The predicted octanol–water partition coefficient (Wildman–Crippen LogP) is 3.16. The van der Waals surface area contributed by atoms with Gasteiger partial charge in [-0.3, -0.25) is 9.88 Å². The highest BCUT2D eigenvalue weighted by atomic mass is 32.2. The van der Waals surface area contributed by atoms with E-state index in [0.29, 0.717) is 19.5 Å². The fraction of sp³-hybridized carbons (Fsp3) is 0.316. The topological polar surface area (TPSA) is 63.4 Å². The molecule has 1 fully saturated rings. The van der Waals surface area contributed by atoms with Gasteiger partial charge >= 0.3 is 0 Å². The fourth-order valence-electron chi connectivity index (χ4n) is 3.55. The number of nitrogens with zero attached hydrogens (tertiary/aromatic N) is 2. The predicted molar refractivity (Wildman–Crippen MR) is 96.7 cm³/mol. The van der Waals surface area contributed by atoms with Crippen LogP contribution in [0.3, 0.4) is 0 Å². The minimum atomic E-state index is -3.02. The van der Waals surface area contributed by atoms with Crippen LogP contribution in [0.4, 0.5) is 4.39 Å². The molecule has 0 spiro atoms. The molecule has 3 aromatic rings. The Kier molecular flexibility index (Phi) is 4.50. The number of benzene rings is 1. The molecule has 0 unspecified atom stereocenters. The van der Waals surface area contributed by atoms with Crippen LogP contribution in [0.25, 0.3) is 10.9 Å². The van der Waals surface area contributed by atoms with Gasteiger partial charge in [0.25, 0.3) is 0 Å². The Bertz CT molecular complexity index is 1020. The van der Waals surface area contributed by atoms with Crippen molar-refractivity contribution in [2.45, 2.75) is 25.6 Å². The van der Waals surface area contributed by atoms with Crippen LogP contribution in [0.15, 0.2) is 53.3 Å². The largest absolute Gasteiger partial charge is 0.468 e. The molecule has 1 aliphatic rings. The number of pyridine rings is 1. The van der Waals surface area contributed by atoms with E-state index in [1.54, 1.807) is 24.6 Å². The second-order valence-electron chi connectivity index (χ2n) is 6.68. The van der Waals surface area contributed by atoms with Crippen LogP contribution in [0.5, 0.6) is 0 Å². The Balaban J connectivity index is 1.68. The average molecular weight is 374 g/mol. The summed E-state index contributed by atoms with van der Waals surface area (Å²) in [5, 5.41) is 0.736. The van der Waals surface area contributed by atoms with Crippen molar-refractivity contribution in [3.8, 4) is 0 Å². The van der Waals surface area contributed by atoms with E-state index in [9.17, 15) is 12.8 Å². The molecule has 1 aliphatic heterocycles. The highest BCUT2D eigenvalue weighted by Gasteiger charge is 2.33. The summed E-state index contributed by atoms with van der Waals surface area (Å²) >= 11 is 0. The quantitative estimate of drug-likeness (QED) is 0.686. The zero-order valence-electron chi connectivity index (χ0n) is 14.1. The molecule has 0 aliphatic carbocycles. The van der Waals surface area contributed by atoms with E-state index in [1.165, 1.54) is 12.1 Å². The number of sulfone groups is 1. The third kappa shape index (κ3) is 3.64. The molecule has 7 heteroatoms. The third-order valence-electron chi connectivity index (χ3n) is 4.79. The van der Waals surface area contributed by atoms with E-state index in [2.05, 4.69) is 4.98 Å². The van der Waals surface area contributed by atoms with Gasteiger partial charge in [-0.25, -0.2) is 12.8 Å². The number of furan rings is 1. The van der Waals surface area contributed by atoms with E-state index in [0.717, 1.165) is 22.2 Å². The van der Waals surface area contributed by atoms with E-state index in [4.69, 9.17) is 4.42 Å². The molecule has 0 N–H and O–H groups in total. The molecule has 0 radical (unpaired) electrons. The third-order valence-corrected chi connectivity index (χ3v) is 6.54. The molecule has 1 aromatic carbocycles. The van der Waals surface area contributed by atoms with Crippen molar-refractivity contribution in [3.05, 3.63) is 66.0 Å². The summed E-state index contributed by atoms with van der Waals surface area (Å²) in [7, 11) is -3.02. The van der Waals surface area contributed by atoms with E-state index < -0.39 is 9.84 Å². The monoisotopic (exact) mass is 374 g/mol. The summed E-state index contributed by atoms with van der Waals surface area (Å²) in [6.07, 6.45) is 3.85. The Labute approximate surface area is 151 Å². The van der Waals surface area contributed by atoms with Gasteiger partial charge in [-0.2, -0.15) is 0 Å². The molecule has 4 rings (SSSR count). The summed E-state index contributed by atoms with van der Waals surface area (Å²) in [4.78, 5) is 6.44. The molecule has 0 saturated carbocycles. The Morgan fingerprint density at radius 1 is 1.23 bits per heavy atom. The van der Waals surface area contributed by atoms with Gasteiger partial charge in [-0.15, -0.1) is 0 Å². The molecule has 1 saturated heterocycles. The minimum absolute atomic E-state index is 0.118. The Hall–Kier alpha value is -2.25. The maximum absolute atomic E-state index is 14.1. The minimum Gasteiger partial charge on any atom is -0.468 e. The molecule has 136 valence electrons. The van der Waals surface area contributed by atoms with Crippen molar-refractivity contribution < 1.29 is 17.2 Å². The first-order valence-electron chi connectivity index (χ1n) is 8.50. The number of halogens is 1. The first-order valence-corrected chi connectivity index (χ1v) is 10.3. The normalized spacial score (nSPS) is 19.4. The Morgan fingerprint density at radius 2 is 2.12 bits per heavy atom. The molecule has 2 aromatic heterocycles. The van der Waals surface area contributed by atoms with Crippen molar-refractivity contribution in [3.63, 3.8) is 0 Å². The summed E-state index contributed by atoms with van der Waals surface area (Å²) in [5.74, 6) is 0.739. The maximum atomic E-state index is 14.1. The van der Waals surface area contributed by atoms with E-state index in [1.807, 2.05) is 17.0 Å². The summed E-state index contributed by atoms with van der Waals surface area (Å²) < 4.78 is 43.4. The van der Waals surface area contributed by atoms with Crippen LogP contribution in [-0.2, 0) is 22.9 Å². The smallest absolute Gasteiger partial charge is 0.151 e. The number of hydrogen-bond acceptors (Lipinski definition) is 5. The second-order valence-corrected chi connectivity index (χ2v) is 8.91. The van der Waals surface area contributed by atoms with E-state index >= 15 is 0 Å². The van der Waals surface area contributed by atoms with Crippen LogP contribution >= 0.6 is 0 Å². The zero-order chi connectivity index (χ0) is 18.1. The number of hydrogen-bond donors (Lipinski definition) is 0. The SMILES string of the molecule is O=S1(=O)CC[C@H](N(Cc2ccco2)Cc2cc(F)cc3cccnc23)C1. The van der Waals surface area contributed by atoms with Gasteiger partial charge in [0.15, 0.2) is 9.84 Å². The van der Waals surface area contributed by atoms with Gasteiger partial charge in [0.1, 0.15) is 11.6 Å². The molecule has 26 heavy (non-hydrogen) atoms. The lowest BCUT2D eigenvalue weighted by atomic mass is 10.1.